The van der Waals surface area contributed by atoms with Crippen LogP contribution in [-0.2, 0) is 11.3 Å². The summed E-state index contributed by atoms with van der Waals surface area (Å²) in [5.41, 5.74) is 2.11. The summed E-state index contributed by atoms with van der Waals surface area (Å²) in [6.45, 7) is 0.351. The second kappa shape index (κ2) is 6.60. The number of amides is 1. The Bertz CT molecular complexity index is 1120. The van der Waals surface area contributed by atoms with Gasteiger partial charge in [0.1, 0.15) is 5.52 Å². The van der Waals surface area contributed by atoms with E-state index in [1.165, 1.54) is 4.57 Å². The number of anilines is 1. The molecule has 3 aromatic heterocycles. The maximum atomic E-state index is 12.5. The number of imidazole rings is 1. The van der Waals surface area contributed by atoms with Gasteiger partial charge in [-0.3, -0.25) is 14.3 Å². The first-order valence-corrected chi connectivity index (χ1v) is 7.91. The summed E-state index contributed by atoms with van der Waals surface area (Å²) in [4.78, 5) is 39.1. The van der Waals surface area contributed by atoms with Gasteiger partial charge in [-0.1, -0.05) is 30.3 Å². The molecule has 0 fully saturated rings. The number of benzene rings is 1. The zero-order valence-electron chi connectivity index (χ0n) is 13.6. The van der Waals surface area contributed by atoms with Crippen LogP contribution in [0.25, 0.3) is 22.6 Å². The Labute approximate surface area is 147 Å². The number of carbonyl (C=O) groups excluding carboxylic acids is 1. The number of hydrogen-bond donors (Lipinski definition) is 2. The van der Waals surface area contributed by atoms with Gasteiger partial charge < -0.3 is 10.3 Å². The van der Waals surface area contributed by atoms with Gasteiger partial charge in [0, 0.05) is 18.0 Å². The third-order valence-electron chi connectivity index (χ3n) is 3.92. The van der Waals surface area contributed by atoms with Crippen LogP contribution in [0.3, 0.4) is 0 Å². The molecular weight excluding hydrogens is 332 g/mol. The number of fused-ring (bicyclic) bond motifs is 1. The Morgan fingerprint density at radius 2 is 1.96 bits per heavy atom. The Balaban J connectivity index is 1.92. The third-order valence-corrected chi connectivity index (χ3v) is 3.92. The lowest BCUT2D eigenvalue weighted by Crippen LogP contribution is -2.17. The van der Waals surface area contributed by atoms with Gasteiger partial charge in [0.2, 0.25) is 6.41 Å². The molecule has 0 bridgehead atoms. The monoisotopic (exact) mass is 346 g/mol. The molecule has 4 rings (SSSR count). The fraction of sp³-hybridized carbons (Fsp3) is 0.0556. The van der Waals surface area contributed by atoms with Gasteiger partial charge in [-0.15, -0.1) is 0 Å². The van der Waals surface area contributed by atoms with E-state index in [-0.39, 0.29) is 11.5 Å². The first kappa shape index (κ1) is 15.7. The van der Waals surface area contributed by atoms with E-state index in [1.54, 1.807) is 18.5 Å². The minimum absolute atomic E-state index is 0.243. The Kier molecular flexibility index (Phi) is 3.98. The smallest absolute Gasteiger partial charge is 0.311 e. The molecule has 4 aromatic rings. The quantitative estimate of drug-likeness (QED) is 0.536. The topological polar surface area (TPSA) is 106 Å². The van der Waals surface area contributed by atoms with Crippen molar-refractivity contribution in [2.45, 2.75) is 6.54 Å². The fourth-order valence-electron chi connectivity index (χ4n) is 2.73. The minimum Gasteiger partial charge on any atom is -0.311 e. The van der Waals surface area contributed by atoms with Gasteiger partial charge in [-0.05, 0) is 17.7 Å². The summed E-state index contributed by atoms with van der Waals surface area (Å²) in [6, 6.07) is 13.2. The molecule has 8 nitrogen and oxygen atoms in total. The van der Waals surface area contributed by atoms with E-state index in [0.717, 1.165) is 5.56 Å². The Hall–Kier alpha value is -3.81. The van der Waals surface area contributed by atoms with E-state index in [9.17, 15) is 9.59 Å². The molecule has 0 saturated heterocycles. The summed E-state index contributed by atoms with van der Waals surface area (Å²) in [5.74, 6) is 0.614. The zero-order valence-corrected chi connectivity index (χ0v) is 13.6. The second-order valence-electron chi connectivity index (χ2n) is 5.60. The van der Waals surface area contributed by atoms with Gasteiger partial charge in [0.25, 0.3) is 0 Å². The highest BCUT2D eigenvalue weighted by atomic mass is 16.1. The Morgan fingerprint density at radius 3 is 2.69 bits per heavy atom. The average molecular weight is 346 g/mol. The molecule has 26 heavy (non-hydrogen) atoms. The van der Waals surface area contributed by atoms with Crippen LogP contribution in [0.15, 0.2) is 59.7 Å². The number of carbonyl (C=O) groups is 1. The molecule has 2 N–H and O–H groups in total. The van der Waals surface area contributed by atoms with E-state index in [4.69, 9.17) is 0 Å². The van der Waals surface area contributed by atoms with Crippen molar-refractivity contribution < 1.29 is 4.79 Å². The maximum Gasteiger partial charge on any atom is 0.328 e. The van der Waals surface area contributed by atoms with Crippen molar-refractivity contribution in [3.05, 3.63) is 70.9 Å². The lowest BCUT2D eigenvalue weighted by atomic mass is 10.2. The molecule has 0 unspecified atom stereocenters. The van der Waals surface area contributed by atoms with Crippen LogP contribution in [0.2, 0.25) is 0 Å². The number of H-pyrrole nitrogens is 1. The number of rotatable bonds is 5. The second-order valence-corrected chi connectivity index (χ2v) is 5.60. The highest BCUT2D eigenvalue weighted by Gasteiger charge is 2.16. The first-order chi connectivity index (χ1) is 12.8. The predicted octanol–water partition coefficient (Wildman–Crippen LogP) is 1.80. The van der Waals surface area contributed by atoms with Gasteiger partial charge in [-0.2, -0.15) is 0 Å². The third kappa shape index (κ3) is 2.84. The van der Waals surface area contributed by atoms with E-state index >= 15 is 0 Å². The molecule has 0 aliphatic carbocycles. The zero-order chi connectivity index (χ0) is 17.9. The molecule has 0 spiro atoms. The molecule has 3 heterocycles. The van der Waals surface area contributed by atoms with Crippen molar-refractivity contribution in [2.75, 3.05) is 5.32 Å². The number of nitrogens with zero attached hydrogens (tertiary/aromatic N) is 4. The molecule has 1 amide bonds. The average Bonchev–Trinajstić information content (AvgIpc) is 2.99. The van der Waals surface area contributed by atoms with Crippen molar-refractivity contribution in [1.82, 2.24) is 24.5 Å². The summed E-state index contributed by atoms with van der Waals surface area (Å²) in [7, 11) is 0. The number of aromatic nitrogens is 5. The number of pyridine rings is 1. The molecule has 0 atom stereocenters. The van der Waals surface area contributed by atoms with E-state index < -0.39 is 0 Å². The standard InChI is InChI=1S/C18H14N6O2/c25-11-20-16-14-17(23-15(22-16)13-7-4-8-19-9-13)24(18(26)21-14)10-12-5-2-1-3-6-12/h1-9,11H,10H2,(H,21,26)(H,20,22,23,25). The SMILES string of the molecule is O=CNc1nc(-c2cccnc2)nc2c1[nH]c(=O)n2Cc1ccccc1. The van der Waals surface area contributed by atoms with Crippen LogP contribution in [-0.4, -0.2) is 30.9 Å². The lowest BCUT2D eigenvalue weighted by molar-refractivity contribution is -0.105. The number of nitrogens with one attached hydrogen (secondary N) is 2. The number of aromatic amines is 1. The van der Waals surface area contributed by atoms with Gasteiger partial charge in [-0.25, -0.2) is 14.8 Å². The van der Waals surface area contributed by atoms with Crippen molar-refractivity contribution >= 4 is 23.4 Å². The van der Waals surface area contributed by atoms with Crippen LogP contribution >= 0.6 is 0 Å². The van der Waals surface area contributed by atoms with Crippen molar-refractivity contribution in [1.29, 1.82) is 0 Å². The maximum absolute atomic E-state index is 12.5. The number of hydrogen-bond acceptors (Lipinski definition) is 5. The van der Waals surface area contributed by atoms with Gasteiger partial charge in [0.05, 0.1) is 6.54 Å². The molecule has 128 valence electrons. The van der Waals surface area contributed by atoms with Crippen molar-refractivity contribution in [3.8, 4) is 11.4 Å². The summed E-state index contributed by atoms with van der Waals surface area (Å²) in [6.07, 6.45) is 3.79. The molecule has 8 heteroatoms. The summed E-state index contributed by atoms with van der Waals surface area (Å²) in [5, 5.41) is 2.53. The predicted molar refractivity (Wildman–Crippen MR) is 96.6 cm³/mol. The van der Waals surface area contributed by atoms with E-state index in [2.05, 4.69) is 25.3 Å². The van der Waals surface area contributed by atoms with Crippen LogP contribution in [0.1, 0.15) is 5.56 Å². The largest absolute Gasteiger partial charge is 0.328 e. The Morgan fingerprint density at radius 1 is 1.12 bits per heavy atom. The molecule has 0 aliphatic heterocycles. The van der Waals surface area contributed by atoms with Crippen LogP contribution < -0.4 is 11.0 Å². The van der Waals surface area contributed by atoms with Crippen molar-refractivity contribution in [3.63, 3.8) is 0 Å². The van der Waals surface area contributed by atoms with Crippen LogP contribution in [0.5, 0.6) is 0 Å². The van der Waals surface area contributed by atoms with Crippen LogP contribution in [0, 0.1) is 0 Å². The van der Waals surface area contributed by atoms with E-state index in [1.807, 2.05) is 36.4 Å². The minimum atomic E-state index is -0.324. The first-order valence-electron chi connectivity index (χ1n) is 7.91. The van der Waals surface area contributed by atoms with Crippen molar-refractivity contribution in [2.24, 2.45) is 0 Å². The summed E-state index contributed by atoms with van der Waals surface area (Å²) < 4.78 is 1.52. The van der Waals surface area contributed by atoms with E-state index in [0.29, 0.717) is 35.5 Å². The lowest BCUT2D eigenvalue weighted by Gasteiger charge is -2.07. The van der Waals surface area contributed by atoms with Crippen LogP contribution in [0.4, 0.5) is 5.82 Å². The highest BCUT2D eigenvalue weighted by molar-refractivity contribution is 5.90. The molecule has 1 aromatic carbocycles. The molecule has 0 saturated carbocycles. The highest BCUT2D eigenvalue weighted by Crippen LogP contribution is 2.22. The van der Waals surface area contributed by atoms with Gasteiger partial charge >= 0.3 is 5.69 Å². The summed E-state index contributed by atoms with van der Waals surface area (Å²) >= 11 is 0. The normalized spacial score (nSPS) is 10.8. The molecule has 0 radical (unpaired) electrons. The molecular formula is C18H14N6O2. The fourth-order valence-corrected chi connectivity index (χ4v) is 2.73. The van der Waals surface area contributed by atoms with Gasteiger partial charge in [0.15, 0.2) is 17.3 Å². The molecule has 0 aliphatic rings.